The summed E-state index contributed by atoms with van der Waals surface area (Å²) < 4.78 is 1.83. The number of hydrogen-bond acceptors (Lipinski definition) is 3. The molecule has 1 fully saturated rings. The molecule has 2 aromatic rings. The van der Waals surface area contributed by atoms with E-state index in [4.69, 9.17) is 0 Å². The Hall–Kier alpha value is -2.83. The number of amides is 3. The van der Waals surface area contributed by atoms with Gasteiger partial charge in [0.05, 0.1) is 11.4 Å². The van der Waals surface area contributed by atoms with Gasteiger partial charge in [-0.1, -0.05) is 25.1 Å². The molecule has 7 heteroatoms. The van der Waals surface area contributed by atoms with Gasteiger partial charge in [0.2, 0.25) is 5.91 Å². The van der Waals surface area contributed by atoms with Crippen LogP contribution in [0.25, 0.3) is 5.69 Å². The van der Waals surface area contributed by atoms with E-state index in [0.29, 0.717) is 19.6 Å². The number of aromatic nitrogens is 2. The number of aryl methyl sites for hydroxylation is 1. The molecular weight excluding hydrogens is 330 g/mol. The van der Waals surface area contributed by atoms with Gasteiger partial charge < -0.3 is 15.5 Å². The highest BCUT2D eigenvalue weighted by Gasteiger charge is 2.37. The number of nitrogens with zero attached hydrogens (tertiary/aromatic N) is 3. The molecule has 1 aliphatic heterocycles. The summed E-state index contributed by atoms with van der Waals surface area (Å²) in [6.45, 7) is 7.34. The summed E-state index contributed by atoms with van der Waals surface area (Å²) in [5, 5.41) is 10.4. The van der Waals surface area contributed by atoms with E-state index in [1.54, 1.807) is 4.90 Å². The summed E-state index contributed by atoms with van der Waals surface area (Å²) in [6, 6.07) is 8.90. The fourth-order valence-electron chi connectivity index (χ4n) is 3.38. The molecule has 1 aliphatic rings. The van der Waals surface area contributed by atoms with Crippen LogP contribution in [-0.2, 0) is 4.79 Å². The summed E-state index contributed by atoms with van der Waals surface area (Å²) in [5.74, 6) is -0.165. The minimum atomic E-state index is -0.668. The highest BCUT2D eigenvalue weighted by atomic mass is 16.2. The van der Waals surface area contributed by atoms with Gasteiger partial charge in [0.25, 0.3) is 0 Å². The van der Waals surface area contributed by atoms with Crippen molar-refractivity contribution in [3.8, 4) is 5.69 Å². The average molecular weight is 355 g/mol. The Morgan fingerprint density at radius 2 is 2.04 bits per heavy atom. The van der Waals surface area contributed by atoms with Gasteiger partial charge in [-0.05, 0) is 32.4 Å². The molecule has 2 heterocycles. The maximum atomic E-state index is 12.7. The highest BCUT2D eigenvalue weighted by Crippen LogP contribution is 2.30. The number of para-hydroxylation sites is 1. The molecule has 1 atom stereocenters. The van der Waals surface area contributed by atoms with Crippen LogP contribution in [0.3, 0.4) is 0 Å². The van der Waals surface area contributed by atoms with Crippen LogP contribution in [0.4, 0.5) is 4.79 Å². The maximum Gasteiger partial charge on any atom is 0.318 e. The first-order chi connectivity index (χ1) is 12.5. The van der Waals surface area contributed by atoms with Crippen molar-refractivity contribution in [2.45, 2.75) is 33.2 Å². The molecule has 7 nitrogen and oxygen atoms in total. The number of carbonyl (C=O) groups excluding carboxylic acids is 2. The van der Waals surface area contributed by atoms with Gasteiger partial charge in [-0.3, -0.25) is 4.79 Å². The zero-order valence-electron chi connectivity index (χ0n) is 15.5. The molecule has 0 bridgehead atoms. The van der Waals surface area contributed by atoms with Gasteiger partial charge in [0, 0.05) is 30.9 Å². The third-order valence-corrected chi connectivity index (χ3v) is 4.62. The number of urea groups is 1. The van der Waals surface area contributed by atoms with E-state index in [9.17, 15) is 9.59 Å². The summed E-state index contributed by atoms with van der Waals surface area (Å²) in [6.07, 6.45) is 0.848. The van der Waals surface area contributed by atoms with Gasteiger partial charge in [0.15, 0.2) is 0 Å². The molecule has 3 rings (SSSR count). The second-order valence-corrected chi connectivity index (χ2v) is 6.45. The SMILES string of the molecule is CCCNC(=O)N1CCNC(=O)[C@@H]1c1c(C)nn(-c2ccccc2)c1C. The first-order valence-electron chi connectivity index (χ1n) is 8.98. The number of benzene rings is 1. The van der Waals surface area contributed by atoms with E-state index in [2.05, 4.69) is 15.7 Å². The van der Waals surface area contributed by atoms with Crippen molar-refractivity contribution in [3.05, 3.63) is 47.3 Å². The fourth-order valence-corrected chi connectivity index (χ4v) is 3.38. The molecule has 2 N–H and O–H groups in total. The van der Waals surface area contributed by atoms with Crippen molar-refractivity contribution in [3.63, 3.8) is 0 Å². The van der Waals surface area contributed by atoms with Crippen molar-refractivity contribution in [1.82, 2.24) is 25.3 Å². The van der Waals surface area contributed by atoms with E-state index >= 15 is 0 Å². The molecule has 26 heavy (non-hydrogen) atoms. The summed E-state index contributed by atoms with van der Waals surface area (Å²) >= 11 is 0. The summed E-state index contributed by atoms with van der Waals surface area (Å²) in [5.41, 5.74) is 3.33. The van der Waals surface area contributed by atoms with Crippen molar-refractivity contribution < 1.29 is 9.59 Å². The molecular formula is C19H25N5O2. The Morgan fingerprint density at radius 1 is 1.31 bits per heavy atom. The molecule has 0 saturated carbocycles. The molecule has 3 amide bonds. The number of piperazine rings is 1. The van der Waals surface area contributed by atoms with Crippen LogP contribution in [-0.4, -0.2) is 46.3 Å². The van der Waals surface area contributed by atoms with E-state index in [1.165, 1.54) is 0 Å². The lowest BCUT2D eigenvalue weighted by Gasteiger charge is -2.35. The van der Waals surface area contributed by atoms with Crippen molar-refractivity contribution >= 4 is 11.9 Å². The molecule has 0 aliphatic carbocycles. The Labute approximate surface area is 153 Å². The van der Waals surface area contributed by atoms with Crippen LogP contribution in [0.2, 0.25) is 0 Å². The minimum absolute atomic E-state index is 0.165. The molecule has 0 unspecified atom stereocenters. The monoisotopic (exact) mass is 355 g/mol. The Balaban J connectivity index is 2.01. The van der Waals surface area contributed by atoms with Crippen molar-refractivity contribution in [2.24, 2.45) is 0 Å². The van der Waals surface area contributed by atoms with Crippen molar-refractivity contribution in [2.75, 3.05) is 19.6 Å². The quantitative estimate of drug-likeness (QED) is 0.881. The van der Waals surface area contributed by atoms with E-state index in [0.717, 1.165) is 29.1 Å². The maximum absolute atomic E-state index is 12.7. The standard InChI is InChI=1S/C19H25N5O2/c1-4-10-21-19(26)23-12-11-20-18(25)17(23)16-13(2)22-24(14(16)3)15-8-6-5-7-9-15/h5-9,17H,4,10-12H2,1-3H3,(H,20,25)(H,21,26)/t17-/m0/s1. The molecule has 1 aromatic heterocycles. The van der Waals surface area contributed by atoms with Crippen molar-refractivity contribution in [1.29, 1.82) is 0 Å². The third kappa shape index (κ3) is 3.29. The van der Waals surface area contributed by atoms with E-state index < -0.39 is 6.04 Å². The lowest BCUT2D eigenvalue weighted by molar-refractivity contribution is -0.127. The topological polar surface area (TPSA) is 79.3 Å². The Morgan fingerprint density at radius 3 is 2.73 bits per heavy atom. The first kappa shape index (κ1) is 18.0. The second-order valence-electron chi connectivity index (χ2n) is 6.45. The predicted octanol–water partition coefficient (Wildman–Crippen LogP) is 2.08. The first-order valence-corrected chi connectivity index (χ1v) is 8.98. The zero-order chi connectivity index (χ0) is 18.7. The fraction of sp³-hybridized carbons (Fsp3) is 0.421. The van der Waals surface area contributed by atoms with Crippen LogP contribution < -0.4 is 10.6 Å². The van der Waals surface area contributed by atoms with Crippen LogP contribution in [0.5, 0.6) is 0 Å². The molecule has 0 spiro atoms. The van der Waals surface area contributed by atoms with E-state index in [-0.39, 0.29) is 11.9 Å². The number of nitrogens with one attached hydrogen (secondary N) is 2. The highest BCUT2D eigenvalue weighted by molar-refractivity contribution is 5.89. The molecule has 0 radical (unpaired) electrons. The molecule has 1 saturated heterocycles. The summed E-state index contributed by atoms with van der Waals surface area (Å²) in [7, 11) is 0. The summed E-state index contributed by atoms with van der Waals surface area (Å²) in [4.78, 5) is 26.9. The van der Waals surface area contributed by atoms with Gasteiger partial charge >= 0.3 is 6.03 Å². The molecule has 138 valence electrons. The third-order valence-electron chi connectivity index (χ3n) is 4.62. The number of rotatable bonds is 4. The number of carbonyl (C=O) groups is 2. The number of hydrogen-bond donors (Lipinski definition) is 2. The zero-order valence-corrected chi connectivity index (χ0v) is 15.5. The van der Waals surface area contributed by atoms with Crippen LogP contribution >= 0.6 is 0 Å². The lowest BCUT2D eigenvalue weighted by Crippen LogP contribution is -2.55. The average Bonchev–Trinajstić information content (AvgIpc) is 2.94. The van der Waals surface area contributed by atoms with Crippen LogP contribution in [0.1, 0.15) is 36.3 Å². The van der Waals surface area contributed by atoms with Gasteiger partial charge in [0.1, 0.15) is 6.04 Å². The molecule has 1 aromatic carbocycles. The van der Waals surface area contributed by atoms with Gasteiger partial charge in [-0.15, -0.1) is 0 Å². The normalized spacial score (nSPS) is 17.1. The second kappa shape index (κ2) is 7.59. The Kier molecular flexibility index (Phi) is 5.25. The van der Waals surface area contributed by atoms with Crippen LogP contribution in [0, 0.1) is 13.8 Å². The van der Waals surface area contributed by atoms with Crippen LogP contribution in [0.15, 0.2) is 30.3 Å². The largest absolute Gasteiger partial charge is 0.352 e. The minimum Gasteiger partial charge on any atom is -0.352 e. The smallest absolute Gasteiger partial charge is 0.318 e. The van der Waals surface area contributed by atoms with Gasteiger partial charge in [-0.2, -0.15) is 5.10 Å². The van der Waals surface area contributed by atoms with Gasteiger partial charge in [-0.25, -0.2) is 9.48 Å². The van der Waals surface area contributed by atoms with E-state index in [1.807, 2.05) is 55.8 Å². The lowest BCUT2D eigenvalue weighted by atomic mass is 10.0. The Bertz CT molecular complexity index is 800. The predicted molar refractivity (Wildman–Crippen MR) is 99.2 cm³/mol.